The van der Waals surface area contributed by atoms with Gasteiger partial charge >= 0.3 is 0 Å². The number of fused-ring (bicyclic) bond motifs is 1. The molecule has 1 aliphatic rings. The van der Waals surface area contributed by atoms with Gasteiger partial charge in [0.2, 0.25) is 0 Å². The Hall–Kier alpha value is -3.33. The Labute approximate surface area is 133 Å². The molecule has 2 aromatic carbocycles. The number of nitro groups is 1. The monoisotopic (exact) mass is 306 g/mol. The number of para-hydroxylation sites is 2. The maximum absolute atomic E-state index is 10.8. The lowest BCUT2D eigenvalue weighted by atomic mass is 10.1. The number of nitro benzene ring substituents is 1. The molecule has 0 unspecified atom stereocenters. The van der Waals surface area contributed by atoms with Crippen molar-refractivity contribution in [2.24, 2.45) is 0 Å². The first kappa shape index (κ1) is 14.6. The first-order valence-electron chi connectivity index (χ1n) is 7.00. The van der Waals surface area contributed by atoms with Crippen LogP contribution in [0.15, 0.2) is 54.4 Å². The van der Waals surface area contributed by atoms with Crippen LogP contribution in [0, 0.1) is 21.4 Å². The second-order valence-electron chi connectivity index (χ2n) is 5.22. The normalized spacial score (nSPS) is 12.8. The van der Waals surface area contributed by atoms with Gasteiger partial charge in [0.15, 0.2) is 0 Å². The predicted octanol–water partition coefficient (Wildman–Crippen LogP) is 3.37. The molecule has 0 atom stereocenters. The number of hydrogen-bond donors (Lipinski definition) is 0. The van der Waals surface area contributed by atoms with Crippen LogP contribution in [0.4, 0.5) is 17.1 Å². The number of benzene rings is 2. The number of rotatable bonds is 2. The van der Waals surface area contributed by atoms with Gasteiger partial charge in [0.1, 0.15) is 17.5 Å². The lowest BCUT2D eigenvalue weighted by Gasteiger charge is -2.20. The summed E-state index contributed by atoms with van der Waals surface area (Å²) in [7, 11) is 3.81. The number of nitriles is 1. The van der Waals surface area contributed by atoms with Gasteiger partial charge in [-0.25, -0.2) is 0 Å². The van der Waals surface area contributed by atoms with E-state index >= 15 is 0 Å². The van der Waals surface area contributed by atoms with Crippen molar-refractivity contribution in [2.45, 2.75) is 0 Å². The first-order valence-corrected chi connectivity index (χ1v) is 7.00. The zero-order valence-electron chi connectivity index (χ0n) is 12.7. The maximum atomic E-state index is 10.8. The first-order chi connectivity index (χ1) is 11.0. The molecule has 6 heteroatoms. The van der Waals surface area contributed by atoms with E-state index in [1.807, 2.05) is 48.2 Å². The molecule has 0 amide bonds. The summed E-state index contributed by atoms with van der Waals surface area (Å²) >= 11 is 0. The molecule has 0 saturated heterocycles. The van der Waals surface area contributed by atoms with Crippen LogP contribution in [-0.4, -0.2) is 19.0 Å². The lowest BCUT2D eigenvalue weighted by molar-refractivity contribution is -0.384. The quantitative estimate of drug-likeness (QED) is 0.483. The van der Waals surface area contributed by atoms with Crippen molar-refractivity contribution in [3.8, 4) is 6.07 Å². The largest absolute Gasteiger partial charge is 0.328 e. The van der Waals surface area contributed by atoms with Crippen molar-refractivity contribution in [2.75, 3.05) is 23.9 Å². The topological polar surface area (TPSA) is 73.4 Å². The summed E-state index contributed by atoms with van der Waals surface area (Å²) in [6, 6.07) is 16.1. The molecule has 0 N–H and O–H groups in total. The number of allylic oxidation sites excluding steroid dienone is 1. The molecule has 114 valence electrons. The Kier molecular flexibility index (Phi) is 3.47. The van der Waals surface area contributed by atoms with Crippen molar-refractivity contribution in [1.29, 1.82) is 5.26 Å². The summed E-state index contributed by atoms with van der Waals surface area (Å²) in [5, 5.41) is 20.4. The van der Waals surface area contributed by atoms with Crippen molar-refractivity contribution in [3.63, 3.8) is 0 Å². The Morgan fingerprint density at radius 3 is 2.00 bits per heavy atom. The Morgan fingerprint density at radius 2 is 1.57 bits per heavy atom. The minimum absolute atomic E-state index is 0.00690. The molecule has 23 heavy (non-hydrogen) atoms. The smallest absolute Gasteiger partial charge is 0.269 e. The van der Waals surface area contributed by atoms with Gasteiger partial charge < -0.3 is 9.80 Å². The minimum Gasteiger partial charge on any atom is -0.328 e. The van der Waals surface area contributed by atoms with E-state index in [4.69, 9.17) is 0 Å². The lowest BCUT2D eigenvalue weighted by Crippen LogP contribution is -2.23. The van der Waals surface area contributed by atoms with E-state index in [2.05, 4.69) is 6.07 Å². The fourth-order valence-corrected chi connectivity index (χ4v) is 2.81. The third-order valence-electron chi connectivity index (χ3n) is 3.94. The van der Waals surface area contributed by atoms with E-state index in [1.54, 1.807) is 12.1 Å². The van der Waals surface area contributed by atoms with Crippen LogP contribution >= 0.6 is 0 Å². The van der Waals surface area contributed by atoms with Crippen molar-refractivity contribution in [3.05, 3.63) is 70.0 Å². The van der Waals surface area contributed by atoms with Gasteiger partial charge in [0.25, 0.3) is 5.69 Å². The van der Waals surface area contributed by atoms with Gasteiger partial charge in [-0.2, -0.15) is 5.26 Å². The molecule has 3 rings (SSSR count). The van der Waals surface area contributed by atoms with Gasteiger partial charge in [0.05, 0.1) is 16.3 Å². The maximum Gasteiger partial charge on any atom is 0.269 e. The molecular formula is C17H14N4O2. The Balaban J connectivity index is 2.12. The zero-order chi connectivity index (χ0) is 16.6. The highest BCUT2D eigenvalue weighted by molar-refractivity contribution is 5.92. The highest BCUT2D eigenvalue weighted by Crippen LogP contribution is 2.41. The Morgan fingerprint density at radius 1 is 1.04 bits per heavy atom. The molecule has 0 bridgehead atoms. The Bertz CT molecular complexity index is 819. The summed E-state index contributed by atoms with van der Waals surface area (Å²) in [5.74, 6) is 0.752. The number of nitrogens with zero attached hydrogens (tertiary/aromatic N) is 4. The van der Waals surface area contributed by atoms with Crippen LogP contribution in [0.25, 0.3) is 5.57 Å². The number of non-ortho nitro benzene ring substituents is 1. The number of hydrogen-bond acceptors (Lipinski definition) is 5. The highest BCUT2D eigenvalue weighted by atomic mass is 16.6. The third kappa shape index (κ3) is 2.28. The second kappa shape index (κ2) is 5.46. The summed E-state index contributed by atoms with van der Waals surface area (Å²) < 4.78 is 0. The summed E-state index contributed by atoms with van der Waals surface area (Å²) in [5.41, 5.74) is 3.16. The van der Waals surface area contributed by atoms with Crippen LogP contribution in [0.1, 0.15) is 5.56 Å². The zero-order valence-corrected chi connectivity index (χ0v) is 12.7. The van der Waals surface area contributed by atoms with Crippen LogP contribution < -0.4 is 9.80 Å². The predicted molar refractivity (Wildman–Crippen MR) is 88.9 cm³/mol. The van der Waals surface area contributed by atoms with Crippen LogP contribution in [0.2, 0.25) is 0 Å². The fourth-order valence-electron chi connectivity index (χ4n) is 2.81. The molecule has 1 heterocycles. The standard InChI is InChI=1S/C17H14N4O2/c1-19-15-5-3-4-6-16(15)20(2)17(19)14(11-18)12-7-9-13(10-8-12)21(22)23/h3-10H,1-2H3. The molecule has 0 aliphatic carbocycles. The van der Waals surface area contributed by atoms with E-state index in [0.29, 0.717) is 11.1 Å². The molecule has 1 aliphatic heterocycles. The van der Waals surface area contributed by atoms with E-state index in [0.717, 1.165) is 17.2 Å². The van der Waals surface area contributed by atoms with Crippen molar-refractivity contribution < 1.29 is 4.92 Å². The highest BCUT2D eigenvalue weighted by Gasteiger charge is 2.29. The summed E-state index contributed by atoms with van der Waals surface area (Å²) in [6.45, 7) is 0. The molecule has 0 fully saturated rings. The second-order valence-corrected chi connectivity index (χ2v) is 5.22. The van der Waals surface area contributed by atoms with Crippen molar-refractivity contribution >= 4 is 22.6 Å². The molecule has 0 saturated carbocycles. The van der Waals surface area contributed by atoms with E-state index in [1.165, 1.54) is 12.1 Å². The van der Waals surface area contributed by atoms with Crippen LogP contribution in [0.5, 0.6) is 0 Å². The van der Waals surface area contributed by atoms with Gasteiger partial charge in [0, 0.05) is 26.2 Å². The average molecular weight is 306 g/mol. The number of anilines is 2. The third-order valence-corrected chi connectivity index (χ3v) is 3.94. The van der Waals surface area contributed by atoms with Crippen LogP contribution in [-0.2, 0) is 0 Å². The van der Waals surface area contributed by atoms with Crippen molar-refractivity contribution in [1.82, 2.24) is 0 Å². The van der Waals surface area contributed by atoms with E-state index in [9.17, 15) is 15.4 Å². The average Bonchev–Trinajstić information content (AvgIpc) is 2.82. The van der Waals surface area contributed by atoms with E-state index < -0.39 is 4.92 Å². The summed E-state index contributed by atoms with van der Waals surface area (Å²) in [4.78, 5) is 14.2. The molecule has 0 aromatic heterocycles. The molecule has 0 radical (unpaired) electrons. The fraction of sp³-hybridized carbons (Fsp3) is 0.118. The summed E-state index contributed by atoms with van der Waals surface area (Å²) in [6.07, 6.45) is 0. The van der Waals surface area contributed by atoms with Gasteiger partial charge in [-0.1, -0.05) is 12.1 Å². The van der Waals surface area contributed by atoms with Gasteiger partial charge in [-0.05, 0) is 29.8 Å². The van der Waals surface area contributed by atoms with Crippen LogP contribution in [0.3, 0.4) is 0 Å². The minimum atomic E-state index is -0.452. The van der Waals surface area contributed by atoms with Gasteiger partial charge in [-0.15, -0.1) is 0 Å². The molecular weight excluding hydrogens is 292 g/mol. The molecule has 2 aromatic rings. The van der Waals surface area contributed by atoms with E-state index in [-0.39, 0.29) is 5.69 Å². The van der Waals surface area contributed by atoms with Gasteiger partial charge in [-0.3, -0.25) is 10.1 Å². The molecule has 0 spiro atoms. The SMILES string of the molecule is CN1C(=C(C#N)c2ccc([N+](=O)[O-])cc2)N(C)c2ccccc21. The molecule has 6 nitrogen and oxygen atoms in total.